The van der Waals surface area contributed by atoms with Crippen molar-refractivity contribution in [3.8, 4) is 10.8 Å². The second-order valence-electron chi connectivity index (χ2n) is 6.28. The van der Waals surface area contributed by atoms with Gasteiger partial charge in [-0.1, -0.05) is 42.4 Å². The molecular weight excluding hydrogens is 334 g/mol. The number of carbonyl (C=O) groups is 1. The highest BCUT2D eigenvalue weighted by molar-refractivity contribution is 7.13. The van der Waals surface area contributed by atoms with Crippen LogP contribution in [0.25, 0.3) is 10.8 Å². The topological polar surface area (TPSA) is 59.2 Å². The zero-order valence-corrected chi connectivity index (χ0v) is 14.8. The first-order valence-electron chi connectivity index (χ1n) is 8.46. The van der Waals surface area contributed by atoms with Crippen molar-refractivity contribution < 1.29 is 9.32 Å². The maximum absolute atomic E-state index is 12.4. The molecule has 2 aromatic heterocycles. The van der Waals surface area contributed by atoms with Gasteiger partial charge in [0.05, 0.1) is 4.88 Å². The van der Waals surface area contributed by atoms with Crippen LogP contribution in [0.15, 0.2) is 46.3 Å². The molecule has 0 N–H and O–H groups in total. The lowest BCUT2D eigenvalue weighted by atomic mass is 10.1. The summed E-state index contributed by atoms with van der Waals surface area (Å²) in [6, 6.07) is 12.4. The number of carbonyl (C=O) groups excluding carboxylic acids is 1. The first-order valence-corrected chi connectivity index (χ1v) is 9.34. The predicted molar refractivity (Wildman–Crippen MR) is 96.2 cm³/mol. The molecule has 1 unspecified atom stereocenters. The SMILES string of the molecule is CCc1ccc(CN2CC(c3noc(-c4cccs4)n3)CC2=O)cc1. The van der Waals surface area contributed by atoms with Gasteiger partial charge in [-0.25, -0.2) is 0 Å². The minimum atomic E-state index is -0.000114. The van der Waals surface area contributed by atoms with Crippen LogP contribution < -0.4 is 0 Å². The molecule has 0 bridgehead atoms. The van der Waals surface area contributed by atoms with Gasteiger partial charge in [-0.05, 0) is 29.0 Å². The smallest absolute Gasteiger partial charge is 0.267 e. The highest BCUT2D eigenvalue weighted by Crippen LogP contribution is 2.30. The molecule has 1 aromatic carbocycles. The van der Waals surface area contributed by atoms with Crippen molar-refractivity contribution in [1.82, 2.24) is 15.0 Å². The Morgan fingerprint density at radius 2 is 2.04 bits per heavy atom. The molecule has 5 nitrogen and oxygen atoms in total. The normalized spacial score (nSPS) is 17.4. The Hall–Kier alpha value is -2.47. The molecule has 1 saturated heterocycles. The molecule has 0 radical (unpaired) electrons. The Labute approximate surface area is 150 Å². The van der Waals surface area contributed by atoms with Crippen LogP contribution in [0.5, 0.6) is 0 Å². The maximum atomic E-state index is 12.4. The Kier molecular flexibility index (Phi) is 4.36. The van der Waals surface area contributed by atoms with E-state index in [4.69, 9.17) is 4.52 Å². The zero-order chi connectivity index (χ0) is 17.2. The predicted octanol–water partition coefficient (Wildman–Crippen LogP) is 3.88. The van der Waals surface area contributed by atoms with E-state index in [2.05, 4.69) is 41.3 Å². The third-order valence-electron chi connectivity index (χ3n) is 4.56. The molecule has 1 atom stereocenters. The number of nitrogens with zero attached hydrogens (tertiary/aromatic N) is 3. The molecule has 1 amide bonds. The van der Waals surface area contributed by atoms with Gasteiger partial charge in [-0.3, -0.25) is 4.79 Å². The number of benzene rings is 1. The van der Waals surface area contributed by atoms with Gasteiger partial charge < -0.3 is 9.42 Å². The van der Waals surface area contributed by atoms with Gasteiger partial charge in [0.15, 0.2) is 5.82 Å². The molecule has 0 saturated carbocycles. The van der Waals surface area contributed by atoms with Crippen molar-refractivity contribution in [2.75, 3.05) is 6.54 Å². The number of hydrogen-bond donors (Lipinski definition) is 0. The molecule has 3 heterocycles. The summed E-state index contributed by atoms with van der Waals surface area (Å²) in [6.07, 6.45) is 1.46. The lowest BCUT2D eigenvalue weighted by molar-refractivity contribution is -0.128. The van der Waals surface area contributed by atoms with Crippen molar-refractivity contribution in [1.29, 1.82) is 0 Å². The maximum Gasteiger partial charge on any atom is 0.267 e. The third kappa shape index (κ3) is 3.35. The van der Waals surface area contributed by atoms with E-state index in [-0.39, 0.29) is 11.8 Å². The van der Waals surface area contributed by atoms with E-state index in [0.29, 0.717) is 31.2 Å². The number of amides is 1. The van der Waals surface area contributed by atoms with Gasteiger partial charge in [0.25, 0.3) is 5.89 Å². The number of likely N-dealkylation sites (tertiary alicyclic amines) is 1. The van der Waals surface area contributed by atoms with Gasteiger partial charge in [-0.2, -0.15) is 4.98 Å². The molecule has 6 heteroatoms. The molecule has 25 heavy (non-hydrogen) atoms. The molecule has 4 rings (SSSR count). The zero-order valence-electron chi connectivity index (χ0n) is 14.0. The number of aryl methyl sites for hydroxylation is 1. The Morgan fingerprint density at radius 3 is 2.76 bits per heavy atom. The van der Waals surface area contributed by atoms with Gasteiger partial charge in [0.2, 0.25) is 5.91 Å². The lowest BCUT2D eigenvalue weighted by Crippen LogP contribution is -2.24. The van der Waals surface area contributed by atoms with E-state index in [9.17, 15) is 4.79 Å². The third-order valence-corrected chi connectivity index (χ3v) is 5.42. The van der Waals surface area contributed by atoms with Crippen LogP contribution in [-0.2, 0) is 17.8 Å². The first-order chi connectivity index (χ1) is 12.2. The largest absolute Gasteiger partial charge is 0.338 e. The highest BCUT2D eigenvalue weighted by atomic mass is 32.1. The lowest BCUT2D eigenvalue weighted by Gasteiger charge is -2.16. The molecule has 0 aliphatic carbocycles. The van der Waals surface area contributed by atoms with Gasteiger partial charge in [0, 0.05) is 25.4 Å². The Morgan fingerprint density at radius 1 is 1.24 bits per heavy atom. The van der Waals surface area contributed by atoms with Crippen LogP contribution in [0.3, 0.4) is 0 Å². The van der Waals surface area contributed by atoms with Crippen molar-refractivity contribution in [3.05, 3.63) is 58.7 Å². The van der Waals surface area contributed by atoms with E-state index >= 15 is 0 Å². The second-order valence-corrected chi connectivity index (χ2v) is 7.23. The van der Waals surface area contributed by atoms with Crippen LogP contribution in [0.1, 0.15) is 36.2 Å². The quantitative estimate of drug-likeness (QED) is 0.698. The van der Waals surface area contributed by atoms with Gasteiger partial charge in [0.1, 0.15) is 0 Å². The first kappa shape index (κ1) is 16.0. The molecule has 1 aliphatic heterocycles. The number of hydrogen-bond acceptors (Lipinski definition) is 5. The van der Waals surface area contributed by atoms with E-state index < -0.39 is 0 Å². The average molecular weight is 353 g/mol. The standard InChI is InChI=1S/C19H19N3O2S/c1-2-13-5-7-14(8-6-13)11-22-12-15(10-17(22)23)18-20-19(24-21-18)16-4-3-9-25-16/h3-9,15H,2,10-12H2,1H3. The molecule has 1 aliphatic rings. The fraction of sp³-hybridized carbons (Fsp3) is 0.316. The summed E-state index contributed by atoms with van der Waals surface area (Å²) in [7, 11) is 0. The van der Waals surface area contributed by atoms with E-state index in [0.717, 1.165) is 16.9 Å². The van der Waals surface area contributed by atoms with Gasteiger partial charge >= 0.3 is 0 Å². The summed E-state index contributed by atoms with van der Waals surface area (Å²) in [4.78, 5) is 19.7. The molecule has 0 spiro atoms. The second kappa shape index (κ2) is 6.80. The monoisotopic (exact) mass is 353 g/mol. The molecule has 128 valence electrons. The van der Waals surface area contributed by atoms with Crippen LogP contribution in [0.2, 0.25) is 0 Å². The van der Waals surface area contributed by atoms with Gasteiger partial charge in [-0.15, -0.1) is 11.3 Å². The summed E-state index contributed by atoms with van der Waals surface area (Å²) in [5.41, 5.74) is 2.46. The number of thiophene rings is 1. The minimum absolute atomic E-state index is 0.000114. The van der Waals surface area contributed by atoms with Crippen LogP contribution in [0, 0.1) is 0 Å². The molecule has 1 fully saturated rings. The van der Waals surface area contributed by atoms with Crippen molar-refractivity contribution in [3.63, 3.8) is 0 Å². The van der Waals surface area contributed by atoms with Crippen LogP contribution >= 0.6 is 11.3 Å². The van der Waals surface area contributed by atoms with E-state index in [1.165, 1.54) is 5.56 Å². The highest BCUT2D eigenvalue weighted by Gasteiger charge is 2.33. The summed E-state index contributed by atoms with van der Waals surface area (Å²) in [5.74, 6) is 1.30. The summed E-state index contributed by atoms with van der Waals surface area (Å²) < 4.78 is 5.36. The number of aromatic nitrogens is 2. The van der Waals surface area contributed by atoms with Crippen LogP contribution in [-0.4, -0.2) is 27.5 Å². The Bertz CT molecular complexity index is 855. The average Bonchev–Trinajstić information content (AvgIpc) is 3.36. The summed E-state index contributed by atoms with van der Waals surface area (Å²) >= 11 is 1.56. The fourth-order valence-electron chi connectivity index (χ4n) is 3.10. The minimum Gasteiger partial charge on any atom is -0.338 e. The summed E-state index contributed by atoms with van der Waals surface area (Å²) in [6.45, 7) is 3.41. The summed E-state index contributed by atoms with van der Waals surface area (Å²) in [5, 5.41) is 6.07. The Balaban J connectivity index is 1.44. The fourth-order valence-corrected chi connectivity index (χ4v) is 3.74. The van der Waals surface area contributed by atoms with Crippen molar-refractivity contribution >= 4 is 17.2 Å². The number of rotatable bonds is 5. The van der Waals surface area contributed by atoms with Crippen molar-refractivity contribution in [2.45, 2.75) is 32.2 Å². The van der Waals surface area contributed by atoms with Crippen molar-refractivity contribution in [2.24, 2.45) is 0 Å². The molecular formula is C19H19N3O2S. The van der Waals surface area contributed by atoms with E-state index in [1.54, 1.807) is 11.3 Å². The van der Waals surface area contributed by atoms with Crippen LogP contribution in [0.4, 0.5) is 0 Å². The molecule has 3 aromatic rings. The van der Waals surface area contributed by atoms with E-state index in [1.807, 2.05) is 22.4 Å².